The summed E-state index contributed by atoms with van der Waals surface area (Å²) in [4.78, 5) is 15.2. The second kappa shape index (κ2) is 9.40. The van der Waals surface area contributed by atoms with Crippen molar-refractivity contribution >= 4 is 50.7 Å². The summed E-state index contributed by atoms with van der Waals surface area (Å²) < 4.78 is 27.9. The Balaban J connectivity index is 1.81. The molecule has 1 aliphatic rings. The van der Waals surface area contributed by atoms with Gasteiger partial charge >= 0.3 is 0 Å². The van der Waals surface area contributed by atoms with Crippen molar-refractivity contribution < 1.29 is 13.2 Å². The third-order valence-electron chi connectivity index (χ3n) is 4.76. The summed E-state index contributed by atoms with van der Waals surface area (Å²) in [6.07, 6.45) is 0. The minimum absolute atomic E-state index is 0.0505. The Morgan fingerprint density at radius 3 is 2.39 bits per heavy atom. The molecule has 1 aliphatic heterocycles. The van der Waals surface area contributed by atoms with Crippen molar-refractivity contribution in [3.63, 3.8) is 0 Å². The van der Waals surface area contributed by atoms with E-state index in [1.807, 2.05) is 23.9 Å². The normalized spacial score (nSPS) is 15.1. The molecule has 0 aromatic heterocycles. The lowest BCUT2D eigenvalue weighted by atomic mass is 10.1. The molecule has 0 atom stereocenters. The summed E-state index contributed by atoms with van der Waals surface area (Å²) >= 11 is 8.41. The number of carbonyl (C=O) groups is 1. The molecule has 9 heteroatoms. The maximum Gasteiger partial charge on any atom is 0.255 e. The van der Waals surface area contributed by atoms with Gasteiger partial charge in [-0.05, 0) is 63.6 Å². The summed E-state index contributed by atoms with van der Waals surface area (Å²) in [7, 11) is -3.75. The van der Waals surface area contributed by atoms with Crippen LogP contribution in [0.4, 0.5) is 11.4 Å². The van der Waals surface area contributed by atoms with Crippen LogP contribution in [0.15, 0.2) is 41.3 Å². The van der Waals surface area contributed by atoms with Gasteiger partial charge in [-0.25, -0.2) is 13.1 Å². The highest BCUT2D eigenvalue weighted by Gasteiger charge is 2.24. The zero-order chi connectivity index (χ0) is 22.8. The Hall–Kier alpha value is -1.74. The number of aryl methyl sites for hydroxylation is 1. The summed E-state index contributed by atoms with van der Waals surface area (Å²) in [5.41, 5.74) is 1.87. The number of nitrogens with zero attached hydrogens (tertiary/aromatic N) is 1. The van der Waals surface area contributed by atoms with Gasteiger partial charge in [0.05, 0.1) is 15.6 Å². The number of halogens is 1. The first-order chi connectivity index (χ1) is 14.5. The zero-order valence-corrected chi connectivity index (χ0v) is 20.5. The predicted octanol–water partition coefficient (Wildman–Crippen LogP) is 4.53. The molecule has 6 nitrogen and oxygen atoms in total. The third kappa shape index (κ3) is 6.16. The third-order valence-corrected chi connectivity index (χ3v) is 7.76. The van der Waals surface area contributed by atoms with Crippen LogP contribution in [0.1, 0.15) is 36.7 Å². The lowest BCUT2D eigenvalue weighted by molar-refractivity contribution is 0.102. The first kappa shape index (κ1) is 23.9. The molecule has 1 amide bonds. The summed E-state index contributed by atoms with van der Waals surface area (Å²) in [6, 6.07) is 10.00. The van der Waals surface area contributed by atoms with Gasteiger partial charge in [0.2, 0.25) is 10.0 Å². The number of benzene rings is 2. The first-order valence-electron chi connectivity index (χ1n) is 10.0. The second-order valence-electron chi connectivity index (χ2n) is 8.55. The molecule has 2 N–H and O–H groups in total. The first-order valence-corrected chi connectivity index (χ1v) is 13.1. The van der Waals surface area contributed by atoms with Crippen LogP contribution in [0.5, 0.6) is 0 Å². The maximum atomic E-state index is 12.9. The van der Waals surface area contributed by atoms with E-state index in [1.165, 1.54) is 12.1 Å². The highest BCUT2D eigenvalue weighted by atomic mass is 35.5. The molecule has 1 heterocycles. The number of rotatable bonds is 5. The molecule has 3 rings (SSSR count). The minimum atomic E-state index is -3.75. The van der Waals surface area contributed by atoms with E-state index >= 15 is 0 Å². The van der Waals surface area contributed by atoms with E-state index in [0.29, 0.717) is 21.8 Å². The molecule has 0 bridgehead atoms. The van der Waals surface area contributed by atoms with E-state index in [-0.39, 0.29) is 10.8 Å². The molecular weight excluding hydrogens is 454 g/mol. The Bertz CT molecular complexity index is 1080. The van der Waals surface area contributed by atoms with Crippen LogP contribution in [-0.4, -0.2) is 44.5 Å². The molecule has 1 fully saturated rings. The second-order valence-corrected chi connectivity index (χ2v) is 11.9. The lowest BCUT2D eigenvalue weighted by Crippen LogP contribution is -2.40. The largest absolute Gasteiger partial charge is 0.369 e. The molecule has 0 spiro atoms. The standard InChI is InChI=1S/C22H28ClN3O3S2/c1-15-5-7-17(31(28,29)25-22(2,3)4)14-18(15)21(27)24-16-6-8-20(19(23)13-16)26-9-11-30-12-10-26/h5-8,13-14,25H,9-12H2,1-4H3,(H,24,27). The van der Waals surface area contributed by atoms with Gasteiger partial charge in [0.15, 0.2) is 0 Å². The molecule has 2 aromatic rings. The molecule has 168 valence electrons. The Labute approximate surface area is 193 Å². The van der Waals surface area contributed by atoms with E-state index in [1.54, 1.807) is 39.8 Å². The number of carbonyl (C=O) groups excluding carboxylic acids is 1. The van der Waals surface area contributed by atoms with Crippen LogP contribution in [0, 0.1) is 6.92 Å². The fourth-order valence-electron chi connectivity index (χ4n) is 3.32. The summed E-state index contributed by atoms with van der Waals surface area (Å²) in [6.45, 7) is 8.96. The maximum absolute atomic E-state index is 12.9. The topological polar surface area (TPSA) is 78.5 Å². The molecule has 0 aliphatic carbocycles. The van der Waals surface area contributed by atoms with Crippen LogP contribution >= 0.6 is 23.4 Å². The van der Waals surface area contributed by atoms with Crippen LogP contribution in [0.25, 0.3) is 0 Å². The highest BCUT2D eigenvalue weighted by Crippen LogP contribution is 2.31. The van der Waals surface area contributed by atoms with Crippen molar-refractivity contribution in [3.05, 3.63) is 52.5 Å². The number of hydrogen-bond donors (Lipinski definition) is 2. The van der Waals surface area contributed by atoms with Crippen LogP contribution < -0.4 is 14.9 Å². The number of anilines is 2. The molecule has 0 saturated carbocycles. The SMILES string of the molecule is Cc1ccc(S(=O)(=O)NC(C)(C)C)cc1C(=O)Nc1ccc(N2CCSCC2)c(Cl)c1. The predicted molar refractivity (Wildman–Crippen MR) is 130 cm³/mol. The van der Waals surface area contributed by atoms with Crippen LogP contribution in [0.3, 0.4) is 0 Å². The Morgan fingerprint density at radius 1 is 1.10 bits per heavy atom. The number of hydrogen-bond acceptors (Lipinski definition) is 5. The highest BCUT2D eigenvalue weighted by molar-refractivity contribution is 7.99. The van der Waals surface area contributed by atoms with E-state index in [0.717, 1.165) is 30.3 Å². The molecular formula is C22H28ClN3O3S2. The number of thioether (sulfide) groups is 1. The van der Waals surface area contributed by atoms with E-state index in [9.17, 15) is 13.2 Å². The van der Waals surface area contributed by atoms with Crippen LogP contribution in [-0.2, 0) is 10.0 Å². The average molecular weight is 482 g/mol. The van der Waals surface area contributed by atoms with Gasteiger partial charge in [-0.15, -0.1) is 0 Å². The number of nitrogens with one attached hydrogen (secondary N) is 2. The van der Waals surface area contributed by atoms with Gasteiger partial charge in [-0.1, -0.05) is 17.7 Å². The van der Waals surface area contributed by atoms with Crippen molar-refractivity contribution in [2.75, 3.05) is 34.8 Å². The fourth-order valence-corrected chi connectivity index (χ4v) is 5.97. The fraction of sp³-hybridized carbons (Fsp3) is 0.409. The van der Waals surface area contributed by atoms with Crippen molar-refractivity contribution in [3.8, 4) is 0 Å². The van der Waals surface area contributed by atoms with Gasteiger partial charge < -0.3 is 10.2 Å². The molecule has 2 aromatic carbocycles. The van der Waals surface area contributed by atoms with Crippen molar-refractivity contribution in [1.29, 1.82) is 0 Å². The quantitative estimate of drug-likeness (QED) is 0.655. The monoisotopic (exact) mass is 481 g/mol. The summed E-state index contributed by atoms with van der Waals surface area (Å²) in [5.74, 6) is 1.75. The van der Waals surface area contributed by atoms with Gasteiger partial charge in [0, 0.05) is 41.4 Å². The smallest absolute Gasteiger partial charge is 0.255 e. The number of amides is 1. The van der Waals surface area contributed by atoms with E-state index in [4.69, 9.17) is 11.6 Å². The molecule has 0 radical (unpaired) electrons. The van der Waals surface area contributed by atoms with Crippen molar-refractivity contribution in [2.45, 2.75) is 38.1 Å². The molecule has 31 heavy (non-hydrogen) atoms. The van der Waals surface area contributed by atoms with Crippen molar-refractivity contribution in [2.24, 2.45) is 0 Å². The summed E-state index contributed by atoms with van der Waals surface area (Å²) in [5, 5.41) is 3.41. The van der Waals surface area contributed by atoms with Gasteiger partial charge in [-0.2, -0.15) is 11.8 Å². The van der Waals surface area contributed by atoms with E-state index < -0.39 is 15.6 Å². The van der Waals surface area contributed by atoms with E-state index in [2.05, 4.69) is 14.9 Å². The Kier molecular flexibility index (Phi) is 7.25. The lowest BCUT2D eigenvalue weighted by Gasteiger charge is -2.29. The van der Waals surface area contributed by atoms with Gasteiger partial charge in [0.1, 0.15) is 0 Å². The minimum Gasteiger partial charge on any atom is -0.369 e. The zero-order valence-electron chi connectivity index (χ0n) is 18.2. The molecule has 1 saturated heterocycles. The Morgan fingerprint density at radius 2 is 1.77 bits per heavy atom. The van der Waals surface area contributed by atoms with Crippen LogP contribution in [0.2, 0.25) is 5.02 Å². The molecule has 0 unspecified atom stereocenters. The van der Waals surface area contributed by atoms with Crippen molar-refractivity contribution in [1.82, 2.24) is 4.72 Å². The number of sulfonamides is 1. The van der Waals surface area contributed by atoms with Gasteiger partial charge in [-0.3, -0.25) is 4.79 Å². The van der Waals surface area contributed by atoms with Gasteiger partial charge in [0.25, 0.3) is 5.91 Å². The average Bonchev–Trinajstić information content (AvgIpc) is 2.67.